The van der Waals surface area contributed by atoms with Crippen LogP contribution >= 0.6 is 12.6 Å². The number of nitrogens with two attached hydrogens (primary N) is 1. The van der Waals surface area contributed by atoms with Crippen molar-refractivity contribution in [1.82, 2.24) is 25.9 Å². The quantitative estimate of drug-likeness (QED) is 0.189. The number of aliphatic carboxylic acids is 1. The largest absolute Gasteiger partial charge is 0.480 e. The van der Waals surface area contributed by atoms with Crippen LogP contribution in [0.25, 0.3) is 0 Å². The van der Waals surface area contributed by atoms with Crippen LogP contribution in [0.4, 0.5) is 0 Å². The number of carboxylic acids is 1. The van der Waals surface area contributed by atoms with E-state index in [2.05, 4.69) is 38.5 Å². The van der Waals surface area contributed by atoms with Crippen LogP contribution in [0.5, 0.6) is 0 Å². The third-order valence-electron chi connectivity index (χ3n) is 5.17. The Labute approximate surface area is 193 Å². The van der Waals surface area contributed by atoms with Crippen molar-refractivity contribution in [2.24, 2.45) is 17.6 Å². The zero-order valence-electron chi connectivity index (χ0n) is 18.8. The van der Waals surface area contributed by atoms with Gasteiger partial charge in [-0.15, -0.1) is 0 Å². The van der Waals surface area contributed by atoms with Crippen molar-refractivity contribution in [1.29, 1.82) is 0 Å². The molecule has 11 nitrogen and oxygen atoms in total. The summed E-state index contributed by atoms with van der Waals surface area (Å²) in [4.78, 5) is 56.2. The average molecular weight is 471 g/mol. The molecule has 0 aliphatic rings. The first-order valence-corrected chi connectivity index (χ1v) is 11.1. The van der Waals surface area contributed by atoms with Gasteiger partial charge in [0.25, 0.3) is 0 Å². The Bertz CT molecular complexity index is 773. The number of aromatic nitrogens is 2. The van der Waals surface area contributed by atoms with Gasteiger partial charge in [0.1, 0.15) is 18.1 Å². The van der Waals surface area contributed by atoms with E-state index in [1.54, 1.807) is 27.0 Å². The van der Waals surface area contributed by atoms with Crippen molar-refractivity contribution in [3.8, 4) is 0 Å². The van der Waals surface area contributed by atoms with Crippen LogP contribution in [0.3, 0.4) is 0 Å². The molecule has 0 spiro atoms. The number of H-pyrrole nitrogens is 1. The Morgan fingerprint density at radius 2 is 1.72 bits per heavy atom. The lowest BCUT2D eigenvalue weighted by Crippen LogP contribution is -2.59. The maximum absolute atomic E-state index is 12.9. The third kappa shape index (κ3) is 8.15. The molecule has 32 heavy (non-hydrogen) atoms. The number of carboxylic acid groups (broad SMARTS) is 1. The molecular weight excluding hydrogens is 436 g/mol. The molecule has 3 amide bonds. The number of hydrogen-bond donors (Lipinski definition) is 7. The number of nitrogens with one attached hydrogen (secondary N) is 4. The molecular formula is C20H34N6O5S. The van der Waals surface area contributed by atoms with E-state index >= 15 is 0 Å². The summed E-state index contributed by atoms with van der Waals surface area (Å²) in [6, 6.07) is -4.02. The fourth-order valence-corrected chi connectivity index (χ4v) is 3.17. The number of carbonyl (C=O) groups is 4. The highest BCUT2D eigenvalue weighted by molar-refractivity contribution is 7.80. The molecule has 5 unspecified atom stereocenters. The minimum atomic E-state index is -1.17. The topological polar surface area (TPSA) is 179 Å². The van der Waals surface area contributed by atoms with E-state index in [9.17, 15) is 24.3 Å². The summed E-state index contributed by atoms with van der Waals surface area (Å²) >= 11 is 4.11. The number of carbonyl (C=O) groups excluding carboxylic acids is 3. The minimum Gasteiger partial charge on any atom is -0.480 e. The van der Waals surface area contributed by atoms with E-state index in [1.165, 1.54) is 6.33 Å². The van der Waals surface area contributed by atoms with Crippen molar-refractivity contribution in [2.75, 3.05) is 5.75 Å². The SMILES string of the molecule is CCC(C)C(NC(=O)C(N)Cc1cnc[nH]1)C(=O)NC(CS)C(=O)NC(C(=O)O)C(C)C. The first kappa shape index (κ1) is 27.4. The highest BCUT2D eigenvalue weighted by Crippen LogP contribution is 2.10. The molecule has 1 rings (SSSR count). The van der Waals surface area contributed by atoms with E-state index in [4.69, 9.17) is 5.73 Å². The molecule has 0 aromatic carbocycles. The van der Waals surface area contributed by atoms with Crippen LogP contribution in [0.15, 0.2) is 12.5 Å². The van der Waals surface area contributed by atoms with Gasteiger partial charge in [0.15, 0.2) is 0 Å². The Kier molecular flexibility index (Phi) is 11.2. The Morgan fingerprint density at radius 3 is 2.19 bits per heavy atom. The highest BCUT2D eigenvalue weighted by atomic mass is 32.1. The zero-order valence-corrected chi connectivity index (χ0v) is 19.7. The second-order valence-electron chi connectivity index (χ2n) is 8.07. The van der Waals surface area contributed by atoms with Gasteiger partial charge in [-0.2, -0.15) is 12.6 Å². The lowest BCUT2D eigenvalue weighted by Gasteiger charge is -2.27. The van der Waals surface area contributed by atoms with Crippen LogP contribution < -0.4 is 21.7 Å². The van der Waals surface area contributed by atoms with E-state index in [0.717, 1.165) is 0 Å². The molecule has 180 valence electrons. The number of amides is 3. The van der Waals surface area contributed by atoms with E-state index in [0.29, 0.717) is 12.1 Å². The van der Waals surface area contributed by atoms with Gasteiger partial charge < -0.3 is 31.8 Å². The van der Waals surface area contributed by atoms with Crippen molar-refractivity contribution in [3.05, 3.63) is 18.2 Å². The van der Waals surface area contributed by atoms with Crippen LogP contribution in [-0.2, 0) is 25.6 Å². The molecule has 7 N–H and O–H groups in total. The van der Waals surface area contributed by atoms with Crippen molar-refractivity contribution in [2.45, 2.75) is 64.7 Å². The average Bonchev–Trinajstić information content (AvgIpc) is 3.25. The Morgan fingerprint density at radius 1 is 1.09 bits per heavy atom. The minimum absolute atomic E-state index is 0.0531. The number of hydrogen-bond acceptors (Lipinski definition) is 7. The van der Waals surface area contributed by atoms with Gasteiger partial charge >= 0.3 is 5.97 Å². The summed E-state index contributed by atoms with van der Waals surface area (Å²) in [5.41, 5.74) is 6.64. The second-order valence-corrected chi connectivity index (χ2v) is 8.44. The molecule has 0 aliphatic heterocycles. The first-order chi connectivity index (χ1) is 15.0. The van der Waals surface area contributed by atoms with E-state index < -0.39 is 47.9 Å². The van der Waals surface area contributed by atoms with Gasteiger partial charge in [-0.05, 0) is 11.8 Å². The molecule has 12 heteroatoms. The molecule has 1 aromatic heterocycles. The molecule has 0 bridgehead atoms. The molecule has 1 heterocycles. The fraction of sp³-hybridized carbons (Fsp3) is 0.650. The summed E-state index contributed by atoms with van der Waals surface area (Å²) in [6.45, 7) is 6.98. The number of thiol groups is 1. The summed E-state index contributed by atoms with van der Waals surface area (Å²) in [7, 11) is 0. The molecule has 0 radical (unpaired) electrons. The normalized spacial score (nSPS) is 15.8. The summed E-state index contributed by atoms with van der Waals surface area (Å²) in [5.74, 6) is -3.58. The second kappa shape index (κ2) is 13.1. The predicted octanol–water partition coefficient (Wildman–Crippen LogP) is -0.550. The molecule has 0 saturated heterocycles. The Balaban J connectivity index is 2.85. The highest BCUT2D eigenvalue weighted by Gasteiger charge is 2.32. The summed E-state index contributed by atoms with van der Waals surface area (Å²) in [5, 5.41) is 16.9. The molecule has 1 aromatic rings. The lowest BCUT2D eigenvalue weighted by atomic mass is 9.97. The van der Waals surface area contributed by atoms with Gasteiger partial charge in [-0.3, -0.25) is 14.4 Å². The van der Waals surface area contributed by atoms with Gasteiger partial charge in [-0.25, -0.2) is 9.78 Å². The molecule has 0 saturated carbocycles. The third-order valence-corrected chi connectivity index (χ3v) is 5.54. The van der Waals surface area contributed by atoms with Crippen LogP contribution in [0.2, 0.25) is 0 Å². The van der Waals surface area contributed by atoms with Crippen molar-refractivity contribution >= 4 is 36.3 Å². The summed E-state index contributed by atoms with van der Waals surface area (Å²) < 4.78 is 0. The van der Waals surface area contributed by atoms with Crippen molar-refractivity contribution < 1.29 is 24.3 Å². The van der Waals surface area contributed by atoms with Gasteiger partial charge in [0.05, 0.1) is 12.4 Å². The van der Waals surface area contributed by atoms with Crippen LogP contribution in [0, 0.1) is 11.8 Å². The Hall–Kier alpha value is -2.60. The molecule has 5 atom stereocenters. The number of rotatable bonds is 13. The number of aromatic amines is 1. The monoisotopic (exact) mass is 470 g/mol. The van der Waals surface area contributed by atoms with Crippen molar-refractivity contribution in [3.63, 3.8) is 0 Å². The van der Waals surface area contributed by atoms with E-state index in [1.807, 2.05) is 6.92 Å². The number of nitrogens with zero attached hydrogens (tertiary/aromatic N) is 1. The summed E-state index contributed by atoms with van der Waals surface area (Å²) in [6.07, 6.45) is 3.84. The van der Waals surface area contributed by atoms with Gasteiger partial charge in [0.2, 0.25) is 17.7 Å². The van der Waals surface area contributed by atoms with Gasteiger partial charge in [-0.1, -0.05) is 34.1 Å². The standard InChI is InChI=1S/C20H34N6O5S/c1-5-11(4)16(26-17(27)13(21)6-12-7-22-9-23-12)19(29)24-14(8-32)18(28)25-15(10(2)3)20(30)31/h7,9-11,13-16,32H,5-6,8,21H2,1-4H3,(H,22,23)(H,24,29)(H,25,28)(H,26,27)(H,30,31). The smallest absolute Gasteiger partial charge is 0.326 e. The number of imidazole rings is 1. The van der Waals surface area contributed by atoms with Gasteiger partial charge in [0, 0.05) is 24.1 Å². The first-order valence-electron chi connectivity index (χ1n) is 10.5. The maximum atomic E-state index is 12.9. The fourth-order valence-electron chi connectivity index (χ4n) is 2.91. The lowest BCUT2D eigenvalue weighted by molar-refractivity contribution is -0.143. The predicted molar refractivity (Wildman–Crippen MR) is 122 cm³/mol. The molecule has 0 aliphatic carbocycles. The molecule has 0 fully saturated rings. The zero-order chi connectivity index (χ0) is 24.4. The van der Waals surface area contributed by atoms with E-state index in [-0.39, 0.29) is 24.0 Å². The van der Waals surface area contributed by atoms with Crippen LogP contribution in [0.1, 0.15) is 39.8 Å². The maximum Gasteiger partial charge on any atom is 0.326 e. The van der Waals surface area contributed by atoms with Crippen LogP contribution in [-0.4, -0.2) is 68.7 Å².